The molecule has 0 bridgehead atoms. The van der Waals surface area contributed by atoms with Crippen molar-refractivity contribution in [2.24, 2.45) is 0 Å². The standard InChI is InChI=1S/C26H27N3O/c30-26-25-22(15-9-17-27-25)21-14-7-8-16-23(21)29(26)24(19-10-3-1-4-11-19)18-28-20-12-5-2-6-13-20/h1,3-4,7-11,14-17,20,24,28H,2,5-6,12-13,18H2. The Hall–Kier alpha value is -2.98. The lowest BCUT2D eigenvalue weighted by molar-refractivity contribution is 0.357. The molecule has 1 saturated carbocycles. The number of aromatic nitrogens is 2. The maximum atomic E-state index is 13.7. The van der Waals surface area contributed by atoms with Gasteiger partial charge in [-0.2, -0.15) is 0 Å². The number of benzene rings is 2. The fraction of sp³-hybridized carbons (Fsp3) is 0.308. The van der Waals surface area contributed by atoms with Crippen molar-refractivity contribution in [2.45, 2.75) is 44.2 Å². The zero-order valence-electron chi connectivity index (χ0n) is 17.1. The monoisotopic (exact) mass is 397 g/mol. The van der Waals surface area contributed by atoms with Crippen molar-refractivity contribution in [2.75, 3.05) is 6.54 Å². The van der Waals surface area contributed by atoms with Gasteiger partial charge in [0.15, 0.2) is 0 Å². The number of hydrogen-bond acceptors (Lipinski definition) is 3. The van der Waals surface area contributed by atoms with Crippen LogP contribution >= 0.6 is 0 Å². The second-order valence-electron chi connectivity index (χ2n) is 8.26. The molecule has 2 aromatic heterocycles. The molecule has 152 valence electrons. The lowest BCUT2D eigenvalue weighted by atomic mass is 9.95. The summed E-state index contributed by atoms with van der Waals surface area (Å²) in [6.07, 6.45) is 8.06. The van der Waals surface area contributed by atoms with E-state index in [1.165, 1.54) is 32.1 Å². The van der Waals surface area contributed by atoms with E-state index in [1.807, 2.05) is 34.9 Å². The van der Waals surface area contributed by atoms with Crippen molar-refractivity contribution in [1.29, 1.82) is 0 Å². The summed E-state index contributed by atoms with van der Waals surface area (Å²) in [5.41, 5.74) is 2.61. The average Bonchev–Trinajstić information content (AvgIpc) is 2.82. The van der Waals surface area contributed by atoms with E-state index in [0.29, 0.717) is 11.6 Å². The summed E-state index contributed by atoms with van der Waals surface area (Å²) >= 11 is 0. The molecule has 1 unspecified atom stereocenters. The third-order valence-corrected chi connectivity index (χ3v) is 6.38. The van der Waals surface area contributed by atoms with Gasteiger partial charge in [0.1, 0.15) is 5.52 Å². The number of rotatable bonds is 5. The molecule has 1 aliphatic rings. The van der Waals surface area contributed by atoms with Gasteiger partial charge in [0.25, 0.3) is 5.56 Å². The summed E-state index contributed by atoms with van der Waals surface area (Å²) in [4.78, 5) is 18.1. The Balaban J connectivity index is 1.68. The number of para-hydroxylation sites is 1. The topological polar surface area (TPSA) is 46.9 Å². The highest BCUT2D eigenvalue weighted by molar-refractivity contribution is 6.04. The lowest BCUT2D eigenvalue weighted by Gasteiger charge is -2.28. The second-order valence-corrected chi connectivity index (χ2v) is 8.26. The van der Waals surface area contributed by atoms with Crippen molar-refractivity contribution in [3.8, 4) is 0 Å². The van der Waals surface area contributed by atoms with Gasteiger partial charge in [-0.05, 0) is 30.5 Å². The van der Waals surface area contributed by atoms with Crippen molar-refractivity contribution in [1.82, 2.24) is 14.9 Å². The molecule has 0 spiro atoms. The molecule has 2 aromatic carbocycles. The SMILES string of the molecule is O=c1c2ncccc2c2ccccc2n1C(CNC1CCCCC1)c1ccccc1. The first-order valence-corrected chi connectivity index (χ1v) is 11.0. The number of nitrogens with zero attached hydrogens (tertiary/aromatic N) is 2. The first kappa shape index (κ1) is 19.0. The Morgan fingerprint density at radius 3 is 2.47 bits per heavy atom. The first-order valence-electron chi connectivity index (χ1n) is 11.0. The van der Waals surface area contributed by atoms with Crippen LogP contribution in [0.2, 0.25) is 0 Å². The molecular weight excluding hydrogens is 370 g/mol. The summed E-state index contributed by atoms with van der Waals surface area (Å²) in [7, 11) is 0. The van der Waals surface area contributed by atoms with Gasteiger partial charge in [0.2, 0.25) is 0 Å². The highest BCUT2D eigenvalue weighted by Crippen LogP contribution is 2.27. The largest absolute Gasteiger partial charge is 0.312 e. The lowest BCUT2D eigenvalue weighted by Crippen LogP contribution is -2.39. The van der Waals surface area contributed by atoms with Gasteiger partial charge in [0.05, 0.1) is 11.6 Å². The van der Waals surface area contributed by atoms with Gasteiger partial charge in [-0.3, -0.25) is 14.3 Å². The van der Waals surface area contributed by atoms with Gasteiger partial charge in [-0.1, -0.05) is 73.9 Å². The third kappa shape index (κ3) is 3.52. The van der Waals surface area contributed by atoms with Crippen LogP contribution in [0.15, 0.2) is 77.7 Å². The average molecular weight is 398 g/mol. The molecule has 1 aliphatic carbocycles. The number of nitrogens with one attached hydrogen (secondary N) is 1. The minimum absolute atomic E-state index is 0.0244. The maximum Gasteiger partial charge on any atom is 0.278 e. The van der Waals surface area contributed by atoms with E-state index in [0.717, 1.165) is 28.4 Å². The molecule has 5 rings (SSSR count). The summed E-state index contributed by atoms with van der Waals surface area (Å²) in [5, 5.41) is 5.76. The van der Waals surface area contributed by atoms with Gasteiger partial charge in [0, 0.05) is 29.6 Å². The van der Waals surface area contributed by atoms with Crippen LogP contribution in [0.3, 0.4) is 0 Å². The van der Waals surface area contributed by atoms with Crippen LogP contribution in [0, 0.1) is 0 Å². The van der Waals surface area contributed by atoms with Crippen LogP contribution in [0.1, 0.15) is 43.7 Å². The Morgan fingerprint density at radius 2 is 1.63 bits per heavy atom. The first-order chi connectivity index (χ1) is 14.8. The molecule has 1 N–H and O–H groups in total. The molecule has 2 heterocycles. The minimum Gasteiger partial charge on any atom is -0.312 e. The highest BCUT2D eigenvalue weighted by Gasteiger charge is 2.22. The van der Waals surface area contributed by atoms with Crippen molar-refractivity contribution >= 4 is 21.8 Å². The normalized spacial score (nSPS) is 16.1. The quantitative estimate of drug-likeness (QED) is 0.479. The van der Waals surface area contributed by atoms with Crippen LogP contribution in [-0.2, 0) is 0 Å². The Labute approximate surface area is 176 Å². The number of fused-ring (bicyclic) bond motifs is 3. The van der Waals surface area contributed by atoms with Crippen LogP contribution in [0.4, 0.5) is 0 Å². The van der Waals surface area contributed by atoms with E-state index < -0.39 is 0 Å². The molecule has 0 radical (unpaired) electrons. The van der Waals surface area contributed by atoms with E-state index in [2.05, 4.69) is 46.7 Å². The van der Waals surface area contributed by atoms with E-state index in [9.17, 15) is 4.79 Å². The van der Waals surface area contributed by atoms with E-state index in [4.69, 9.17) is 0 Å². The minimum atomic E-state index is -0.0862. The maximum absolute atomic E-state index is 13.7. The fourth-order valence-corrected chi connectivity index (χ4v) is 4.86. The molecule has 0 saturated heterocycles. The van der Waals surface area contributed by atoms with Gasteiger partial charge >= 0.3 is 0 Å². The van der Waals surface area contributed by atoms with Crippen LogP contribution in [0.5, 0.6) is 0 Å². The Morgan fingerprint density at radius 1 is 0.900 bits per heavy atom. The zero-order valence-corrected chi connectivity index (χ0v) is 17.1. The Bertz CT molecular complexity index is 1210. The number of hydrogen-bond donors (Lipinski definition) is 1. The van der Waals surface area contributed by atoms with Gasteiger partial charge in [-0.15, -0.1) is 0 Å². The van der Waals surface area contributed by atoms with E-state index in [-0.39, 0.29) is 11.6 Å². The van der Waals surface area contributed by atoms with Crippen molar-refractivity contribution in [3.05, 3.63) is 88.8 Å². The molecule has 4 heteroatoms. The molecule has 0 amide bonds. The van der Waals surface area contributed by atoms with Crippen molar-refractivity contribution < 1.29 is 0 Å². The second kappa shape index (κ2) is 8.41. The summed E-state index contributed by atoms with van der Waals surface area (Å²) in [5.74, 6) is 0. The zero-order chi connectivity index (χ0) is 20.3. The highest BCUT2D eigenvalue weighted by atomic mass is 16.1. The molecule has 30 heavy (non-hydrogen) atoms. The molecule has 1 fully saturated rings. The predicted molar refractivity (Wildman–Crippen MR) is 123 cm³/mol. The van der Waals surface area contributed by atoms with E-state index >= 15 is 0 Å². The smallest absolute Gasteiger partial charge is 0.278 e. The summed E-state index contributed by atoms with van der Waals surface area (Å²) in [6.45, 7) is 0.733. The summed E-state index contributed by atoms with van der Waals surface area (Å²) in [6, 6.07) is 22.9. The molecule has 1 atom stereocenters. The third-order valence-electron chi connectivity index (χ3n) is 6.38. The van der Waals surface area contributed by atoms with E-state index in [1.54, 1.807) is 6.20 Å². The molecule has 0 aliphatic heterocycles. The van der Waals surface area contributed by atoms with Crippen molar-refractivity contribution in [3.63, 3.8) is 0 Å². The van der Waals surface area contributed by atoms with Gasteiger partial charge < -0.3 is 5.32 Å². The Kier molecular flexibility index (Phi) is 5.33. The predicted octanol–water partition coefficient (Wildman–Crippen LogP) is 5.06. The number of pyridine rings is 2. The van der Waals surface area contributed by atoms with Crippen LogP contribution in [0.25, 0.3) is 21.8 Å². The molecular formula is C26H27N3O. The van der Waals surface area contributed by atoms with Gasteiger partial charge in [-0.25, -0.2) is 0 Å². The van der Waals surface area contributed by atoms with Crippen LogP contribution < -0.4 is 10.9 Å². The van der Waals surface area contributed by atoms with Crippen LogP contribution in [-0.4, -0.2) is 22.1 Å². The molecule has 4 aromatic rings. The fourth-order valence-electron chi connectivity index (χ4n) is 4.86. The molecule has 4 nitrogen and oxygen atoms in total. The summed E-state index contributed by atoms with van der Waals surface area (Å²) < 4.78 is 1.95.